The maximum Gasteiger partial charge on any atom is 0.236 e. The van der Waals surface area contributed by atoms with Gasteiger partial charge in [0.2, 0.25) is 5.91 Å². The maximum atomic E-state index is 11.8. The SMILES string of the molecule is COCCN(CCO)CC(=O)N(C)CCCN. The average Bonchev–Trinajstić information content (AvgIpc) is 2.33. The Bertz CT molecular complexity index is 202. The van der Waals surface area contributed by atoms with Crippen LogP contribution in [0.2, 0.25) is 0 Å². The second-order valence-electron chi connectivity index (χ2n) is 3.95. The van der Waals surface area contributed by atoms with Crippen molar-refractivity contribution in [2.24, 2.45) is 5.73 Å². The minimum Gasteiger partial charge on any atom is -0.395 e. The van der Waals surface area contributed by atoms with Gasteiger partial charge in [-0.05, 0) is 13.0 Å². The largest absolute Gasteiger partial charge is 0.395 e. The molecule has 0 spiro atoms. The van der Waals surface area contributed by atoms with E-state index in [9.17, 15) is 4.79 Å². The van der Waals surface area contributed by atoms with E-state index in [0.29, 0.717) is 39.3 Å². The third-order valence-corrected chi connectivity index (χ3v) is 2.51. The summed E-state index contributed by atoms with van der Waals surface area (Å²) >= 11 is 0. The van der Waals surface area contributed by atoms with Crippen molar-refractivity contribution in [3.63, 3.8) is 0 Å². The molecular formula is C11H25N3O3. The standard InChI is InChI=1S/C11H25N3O3/c1-13(5-3-4-12)11(16)10-14(6-8-15)7-9-17-2/h15H,3-10,12H2,1-2H3. The zero-order valence-corrected chi connectivity index (χ0v) is 10.9. The number of carbonyl (C=O) groups excluding carboxylic acids is 1. The fourth-order valence-corrected chi connectivity index (χ4v) is 1.40. The first-order valence-corrected chi connectivity index (χ1v) is 5.91. The second-order valence-corrected chi connectivity index (χ2v) is 3.95. The zero-order valence-electron chi connectivity index (χ0n) is 10.9. The van der Waals surface area contributed by atoms with Crippen LogP contribution >= 0.6 is 0 Å². The predicted molar refractivity (Wildman–Crippen MR) is 66.7 cm³/mol. The van der Waals surface area contributed by atoms with E-state index in [4.69, 9.17) is 15.6 Å². The normalized spacial score (nSPS) is 10.9. The van der Waals surface area contributed by atoms with Crippen LogP contribution in [0.4, 0.5) is 0 Å². The number of carbonyl (C=O) groups is 1. The molecule has 0 bridgehead atoms. The van der Waals surface area contributed by atoms with Crippen LogP contribution in [0.3, 0.4) is 0 Å². The highest BCUT2D eigenvalue weighted by Crippen LogP contribution is 1.94. The van der Waals surface area contributed by atoms with Crippen molar-refractivity contribution in [1.82, 2.24) is 9.80 Å². The third kappa shape index (κ3) is 8.09. The number of likely N-dealkylation sites (N-methyl/N-ethyl adjacent to an activating group) is 1. The quantitative estimate of drug-likeness (QED) is 0.503. The zero-order chi connectivity index (χ0) is 13.1. The number of rotatable bonds is 10. The van der Waals surface area contributed by atoms with Crippen LogP contribution < -0.4 is 5.73 Å². The molecule has 0 aliphatic carbocycles. The number of aliphatic hydroxyl groups excluding tert-OH is 1. The van der Waals surface area contributed by atoms with Gasteiger partial charge in [0.05, 0.1) is 19.8 Å². The van der Waals surface area contributed by atoms with Gasteiger partial charge in [-0.15, -0.1) is 0 Å². The average molecular weight is 247 g/mol. The molecule has 0 aromatic carbocycles. The Kier molecular flexibility index (Phi) is 10.0. The van der Waals surface area contributed by atoms with Gasteiger partial charge in [0.25, 0.3) is 0 Å². The van der Waals surface area contributed by atoms with Crippen molar-refractivity contribution >= 4 is 5.91 Å². The third-order valence-electron chi connectivity index (χ3n) is 2.51. The van der Waals surface area contributed by atoms with E-state index in [1.807, 2.05) is 4.90 Å². The van der Waals surface area contributed by atoms with Crippen LogP contribution in [0, 0.1) is 0 Å². The molecule has 0 aliphatic heterocycles. The Morgan fingerprint density at radius 3 is 2.59 bits per heavy atom. The van der Waals surface area contributed by atoms with E-state index in [1.54, 1.807) is 19.1 Å². The monoisotopic (exact) mass is 247 g/mol. The molecule has 0 heterocycles. The van der Waals surface area contributed by atoms with Crippen molar-refractivity contribution < 1.29 is 14.6 Å². The summed E-state index contributed by atoms with van der Waals surface area (Å²) in [7, 11) is 3.39. The number of methoxy groups -OCH3 is 1. The molecule has 6 heteroatoms. The summed E-state index contributed by atoms with van der Waals surface area (Å²) in [4.78, 5) is 15.4. The molecule has 17 heavy (non-hydrogen) atoms. The predicted octanol–water partition coefficient (Wildman–Crippen LogP) is -1.27. The van der Waals surface area contributed by atoms with Crippen LogP contribution in [0.1, 0.15) is 6.42 Å². The van der Waals surface area contributed by atoms with Gasteiger partial charge in [-0.1, -0.05) is 0 Å². The molecule has 0 unspecified atom stereocenters. The molecule has 6 nitrogen and oxygen atoms in total. The lowest BCUT2D eigenvalue weighted by Gasteiger charge is -2.24. The van der Waals surface area contributed by atoms with Crippen LogP contribution in [-0.4, -0.2) is 80.9 Å². The Morgan fingerprint density at radius 2 is 2.06 bits per heavy atom. The van der Waals surface area contributed by atoms with E-state index in [-0.39, 0.29) is 12.5 Å². The van der Waals surface area contributed by atoms with Crippen LogP contribution in [-0.2, 0) is 9.53 Å². The molecule has 0 radical (unpaired) electrons. The van der Waals surface area contributed by atoms with Crippen molar-refractivity contribution in [2.45, 2.75) is 6.42 Å². The topological polar surface area (TPSA) is 79.0 Å². The number of hydrogen-bond donors (Lipinski definition) is 2. The molecule has 0 rings (SSSR count). The highest BCUT2D eigenvalue weighted by Gasteiger charge is 2.13. The van der Waals surface area contributed by atoms with Gasteiger partial charge in [0, 0.05) is 33.8 Å². The smallest absolute Gasteiger partial charge is 0.236 e. The molecule has 0 aromatic rings. The molecule has 1 amide bonds. The van der Waals surface area contributed by atoms with Gasteiger partial charge in [0.15, 0.2) is 0 Å². The fourth-order valence-electron chi connectivity index (χ4n) is 1.40. The lowest BCUT2D eigenvalue weighted by Crippen LogP contribution is -2.41. The number of hydrogen-bond acceptors (Lipinski definition) is 5. The Hall–Kier alpha value is -0.690. The first kappa shape index (κ1) is 16.3. The summed E-state index contributed by atoms with van der Waals surface area (Å²) in [6.07, 6.45) is 0.806. The Morgan fingerprint density at radius 1 is 1.35 bits per heavy atom. The molecule has 3 N–H and O–H groups in total. The molecule has 0 saturated heterocycles. The molecule has 0 atom stereocenters. The molecule has 0 aromatic heterocycles. The van der Waals surface area contributed by atoms with Gasteiger partial charge in [-0.3, -0.25) is 9.69 Å². The molecule has 0 saturated carbocycles. The summed E-state index contributed by atoms with van der Waals surface area (Å²) in [6.45, 7) is 3.30. The van der Waals surface area contributed by atoms with Crippen molar-refractivity contribution in [3.8, 4) is 0 Å². The fraction of sp³-hybridized carbons (Fsp3) is 0.909. The van der Waals surface area contributed by atoms with Gasteiger partial charge >= 0.3 is 0 Å². The maximum absolute atomic E-state index is 11.8. The van der Waals surface area contributed by atoms with Gasteiger partial charge in [0.1, 0.15) is 0 Å². The first-order valence-electron chi connectivity index (χ1n) is 5.91. The van der Waals surface area contributed by atoms with Gasteiger partial charge < -0.3 is 20.5 Å². The lowest BCUT2D eigenvalue weighted by molar-refractivity contribution is -0.131. The molecule has 102 valence electrons. The highest BCUT2D eigenvalue weighted by molar-refractivity contribution is 5.77. The van der Waals surface area contributed by atoms with Crippen LogP contribution in [0.25, 0.3) is 0 Å². The van der Waals surface area contributed by atoms with E-state index in [1.165, 1.54) is 0 Å². The summed E-state index contributed by atoms with van der Waals surface area (Å²) < 4.78 is 4.96. The molecule has 0 fully saturated rings. The van der Waals surface area contributed by atoms with E-state index in [2.05, 4.69) is 0 Å². The van der Waals surface area contributed by atoms with Crippen molar-refractivity contribution in [1.29, 1.82) is 0 Å². The summed E-state index contributed by atoms with van der Waals surface area (Å²) in [6, 6.07) is 0. The van der Waals surface area contributed by atoms with Crippen molar-refractivity contribution in [2.75, 3.05) is 60.1 Å². The Balaban J connectivity index is 4.00. The number of aliphatic hydroxyl groups is 1. The number of amides is 1. The summed E-state index contributed by atoms with van der Waals surface area (Å²) in [5.74, 6) is 0.0444. The molecular weight excluding hydrogens is 222 g/mol. The van der Waals surface area contributed by atoms with Gasteiger partial charge in [-0.2, -0.15) is 0 Å². The van der Waals surface area contributed by atoms with E-state index >= 15 is 0 Å². The summed E-state index contributed by atoms with van der Waals surface area (Å²) in [5, 5.41) is 8.91. The molecule has 0 aliphatic rings. The van der Waals surface area contributed by atoms with E-state index in [0.717, 1.165) is 6.42 Å². The minimum atomic E-state index is 0.0444. The van der Waals surface area contributed by atoms with E-state index < -0.39 is 0 Å². The highest BCUT2D eigenvalue weighted by atomic mass is 16.5. The van der Waals surface area contributed by atoms with Crippen LogP contribution in [0.15, 0.2) is 0 Å². The lowest BCUT2D eigenvalue weighted by atomic mass is 10.3. The van der Waals surface area contributed by atoms with Crippen LogP contribution in [0.5, 0.6) is 0 Å². The minimum absolute atomic E-state index is 0.0444. The van der Waals surface area contributed by atoms with Gasteiger partial charge in [-0.25, -0.2) is 0 Å². The van der Waals surface area contributed by atoms with Crippen molar-refractivity contribution in [3.05, 3.63) is 0 Å². The number of ether oxygens (including phenoxy) is 1. The summed E-state index contributed by atoms with van der Waals surface area (Å²) in [5.41, 5.74) is 5.39. The first-order chi connectivity index (χ1) is 8.15. The number of nitrogens with zero attached hydrogens (tertiary/aromatic N) is 2. The second kappa shape index (κ2) is 10.5. The Labute approximate surface area is 103 Å². The number of nitrogens with two attached hydrogens (primary N) is 1.